The Labute approximate surface area is 191 Å². The molecule has 0 atom stereocenters. The van der Waals surface area contributed by atoms with Crippen LogP contribution >= 0.6 is 35.0 Å². The van der Waals surface area contributed by atoms with Gasteiger partial charge >= 0.3 is 0 Å². The van der Waals surface area contributed by atoms with Crippen LogP contribution in [0, 0.1) is 10.1 Å². The summed E-state index contributed by atoms with van der Waals surface area (Å²) in [5.74, 6) is 0.743. The van der Waals surface area contributed by atoms with Gasteiger partial charge in [0.2, 0.25) is 5.91 Å². The summed E-state index contributed by atoms with van der Waals surface area (Å²) in [4.78, 5) is 22.6. The maximum absolute atomic E-state index is 12.2. The van der Waals surface area contributed by atoms with Crippen molar-refractivity contribution in [3.05, 3.63) is 68.4 Å². The Morgan fingerprint density at radius 3 is 2.81 bits per heavy atom. The monoisotopic (exact) mass is 481 g/mol. The number of nitro benzene ring substituents is 1. The van der Waals surface area contributed by atoms with Crippen molar-refractivity contribution in [2.45, 2.75) is 25.2 Å². The number of ether oxygens (including phenoxy) is 1. The average molecular weight is 482 g/mol. The summed E-state index contributed by atoms with van der Waals surface area (Å²) in [5.41, 5.74) is 0.255. The van der Waals surface area contributed by atoms with Gasteiger partial charge in [0, 0.05) is 35.5 Å². The van der Waals surface area contributed by atoms with Gasteiger partial charge < -0.3 is 14.6 Å². The fourth-order valence-electron chi connectivity index (χ4n) is 2.60. The third-order valence-corrected chi connectivity index (χ3v) is 5.55. The second kappa shape index (κ2) is 10.5. The highest BCUT2D eigenvalue weighted by Gasteiger charge is 2.15. The van der Waals surface area contributed by atoms with Gasteiger partial charge in [-0.1, -0.05) is 41.0 Å². The van der Waals surface area contributed by atoms with E-state index >= 15 is 0 Å². The number of benzene rings is 2. The van der Waals surface area contributed by atoms with E-state index in [1.165, 1.54) is 30.0 Å². The van der Waals surface area contributed by atoms with Gasteiger partial charge in [-0.15, -0.1) is 10.2 Å². The fourth-order valence-corrected chi connectivity index (χ4v) is 3.76. The van der Waals surface area contributed by atoms with Gasteiger partial charge in [-0.25, -0.2) is 0 Å². The molecule has 1 amide bonds. The quantitative estimate of drug-likeness (QED) is 0.264. The number of thioether (sulfide) groups is 1. The standard InChI is InChI=1S/C19H17Cl2N5O4S/c1-2-25-17(10-30-16-8-12(20)6-7-15(16)21)23-24-19(25)31-11-18(27)22-13-4-3-5-14(9-13)26(28)29/h3-9H,2,10-11H2,1H3,(H,22,27). The normalized spacial score (nSPS) is 10.7. The number of amides is 1. The second-order valence-electron chi connectivity index (χ2n) is 6.15. The van der Waals surface area contributed by atoms with Gasteiger partial charge in [0.25, 0.3) is 5.69 Å². The first kappa shape index (κ1) is 22.9. The molecule has 3 aromatic rings. The molecule has 0 bridgehead atoms. The van der Waals surface area contributed by atoms with Crippen LogP contribution in [0.5, 0.6) is 5.75 Å². The van der Waals surface area contributed by atoms with E-state index in [1.54, 1.807) is 24.3 Å². The molecule has 0 saturated heterocycles. The number of carbonyl (C=O) groups is 1. The zero-order valence-electron chi connectivity index (χ0n) is 16.2. The Morgan fingerprint density at radius 2 is 2.06 bits per heavy atom. The smallest absolute Gasteiger partial charge is 0.271 e. The predicted molar refractivity (Wildman–Crippen MR) is 119 cm³/mol. The lowest BCUT2D eigenvalue weighted by atomic mass is 10.3. The lowest BCUT2D eigenvalue weighted by Crippen LogP contribution is -2.15. The van der Waals surface area contributed by atoms with E-state index < -0.39 is 4.92 Å². The number of halogens is 2. The van der Waals surface area contributed by atoms with Crippen LogP contribution in [0.15, 0.2) is 47.6 Å². The van der Waals surface area contributed by atoms with Crippen molar-refractivity contribution in [2.24, 2.45) is 0 Å². The van der Waals surface area contributed by atoms with E-state index in [4.69, 9.17) is 27.9 Å². The summed E-state index contributed by atoms with van der Waals surface area (Å²) < 4.78 is 7.53. The first-order chi connectivity index (χ1) is 14.9. The Bertz CT molecular complexity index is 1110. The summed E-state index contributed by atoms with van der Waals surface area (Å²) in [6.07, 6.45) is 0. The maximum Gasteiger partial charge on any atom is 0.271 e. The van der Waals surface area contributed by atoms with Gasteiger partial charge in [-0.3, -0.25) is 14.9 Å². The molecule has 0 aliphatic carbocycles. The van der Waals surface area contributed by atoms with Crippen LogP contribution < -0.4 is 10.1 Å². The van der Waals surface area contributed by atoms with Crippen molar-refractivity contribution in [1.29, 1.82) is 0 Å². The van der Waals surface area contributed by atoms with Crippen LogP contribution in [0.1, 0.15) is 12.7 Å². The predicted octanol–water partition coefficient (Wildman–Crippen LogP) is 4.82. The number of anilines is 1. The Hall–Kier alpha value is -2.82. The van der Waals surface area contributed by atoms with Crippen molar-refractivity contribution in [1.82, 2.24) is 14.8 Å². The molecule has 2 aromatic carbocycles. The molecule has 1 N–H and O–H groups in total. The van der Waals surface area contributed by atoms with Crippen LogP contribution in [0.4, 0.5) is 11.4 Å². The minimum atomic E-state index is -0.520. The largest absolute Gasteiger partial charge is 0.484 e. The molecule has 0 aliphatic rings. The number of carbonyl (C=O) groups excluding carboxylic acids is 1. The number of hydrogen-bond acceptors (Lipinski definition) is 7. The number of nitrogens with zero attached hydrogens (tertiary/aromatic N) is 4. The van der Waals surface area contributed by atoms with Crippen molar-refractivity contribution in [2.75, 3.05) is 11.1 Å². The van der Waals surface area contributed by atoms with Crippen molar-refractivity contribution in [3.63, 3.8) is 0 Å². The molecule has 162 valence electrons. The van der Waals surface area contributed by atoms with Crippen molar-refractivity contribution >= 4 is 52.2 Å². The summed E-state index contributed by atoms with van der Waals surface area (Å²) in [6.45, 7) is 2.62. The van der Waals surface area contributed by atoms with Gasteiger partial charge in [0.1, 0.15) is 12.4 Å². The van der Waals surface area contributed by atoms with Crippen LogP contribution in [0.2, 0.25) is 10.0 Å². The molecule has 1 aromatic heterocycles. The number of aromatic nitrogens is 3. The molecule has 0 unspecified atom stereocenters. The molecule has 1 heterocycles. The zero-order valence-corrected chi connectivity index (χ0v) is 18.6. The number of non-ortho nitro benzene ring substituents is 1. The first-order valence-electron chi connectivity index (χ1n) is 9.04. The van der Waals surface area contributed by atoms with E-state index in [0.717, 1.165) is 0 Å². The first-order valence-corrected chi connectivity index (χ1v) is 10.8. The van der Waals surface area contributed by atoms with E-state index in [1.807, 2.05) is 11.5 Å². The lowest BCUT2D eigenvalue weighted by molar-refractivity contribution is -0.384. The summed E-state index contributed by atoms with van der Waals surface area (Å²) in [7, 11) is 0. The average Bonchev–Trinajstić information content (AvgIpc) is 3.14. The lowest BCUT2D eigenvalue weighted by Gasteiger charge is -2.10. The Kier molecular flexibility index (Phi) is 7.72. The van der Waals surface area contributed by atoms with Gasteiger partial charge in [-0.2, -0.15) is 0 Å². The molecule has 31 heavy (non-hydrogen) atoms. The number of hydrogen-bond donors (Lipinski definition) is 1. The summed E-state index contributed by atoms with van der Waals surface area (Å²) in [6, 6.07) is 10.7. The molecular weight excluding hydrogens is 465 g/mol. The molecule has 0 saturated carbocycles. The van der Waals surface area contributed by atoms with Crippen molar-refractivity contribution in [3.8, 4) is 5.75 Å². The SMILES string of the molecule is CCn1c(COc2cc(Cl)ccc2Cl)nnc1SCC(=O)Nc1cccc([N+](=O)[O-])c1. The summed E-state index contributed by atoms with van der Waals surface area (Å²) in [5, 5.41) is 23.2. The van der Waals surface area contributed by atoms with Gasteiger partial charge in [0.05, 0.1) is 15.7 Å². The Morgan fingerprint density at radius 1 is 1.26 bits per heavy atom. The highest BCUT2D eigenvalue weighted by molar-refractivity contribution is 7.99. The topological polar surface area (TPSA) is 112 Å². The molecule has 0 radical (unpaired) electrons. The van der Waals surface area contributed by atoms with Gasteiger partial charge in [-0.05, 0) is 25.1 Å². The van der Waals surface area contributed by atoms with E-state index in [9.17, 15) is 14.9 Å². The fraction of sp³-hybridized carbons (Fsp3) is 0.211. The number of nitrogens with one attached hydrogen (secondary N) is 1. The molecule has 0 fully saturated rings. The highest BCUT2D eigenvalue weighted by atomic mass is 35.5. The minimum Gasteiger partial charge on any atom is -0.484 e. The molecular formula is C19H17Cl2N5O4S. The minimum absolute atomic E-state index is 0.0573. The van der Waals surface area contributed by atoms with Crippen LogP contribution in [-0.4, -0.2) is 31.3 Å². The molecule has 0 spiro atoms. The van der Waals surface area contributed by atoms with Crippen LogP contribution in [0.25, 0.3) is 0 Å². The third-order valence-electron chi connectivity index (χ3n) is 4.03. The number of nitro groups is 1. The van der Waals surface area contributed by atoms with E-state index in [-0.39, 0.29) is 24.0 Å². The van der Waals surface area contributed by atoms with Crippen LogP contribution in [-0.2, 0) is 17.9 Å². The Balaban J connectivity index is 1.60. The zero-order chi connectivity index (χ0) is 22.4. The maximum atomic E-state index is 12.2. The molecule has 9 nitrogen and oxygen atoms in total. The highest BCUT2D eigenvalue weighted by Crippen LogP contribution is 2.28. The molecule has 3 rings (SSSR count). The third kappa shape index (κ3) is 6.09. The van der Waals surface area contributed by atoms with Crippen LogP contribution in [0.3, 0.4) is 0 Å². The molecule has 0 aliphatic heterocycles. The number of rotatable bonds is 9. The van der Waals surface area contributed by atoms with E-state index in [2.05, 4.69) is 15.5 Å². The van der Waals surface area contributed by atoms with E-state index in [0.29, 0.717) is 39.0 Å². The van der Waals surface area contributed by atoms with Crippen molar-refractivity contribution < 1.29 is 14.5 Å². The summed E-state index contributed by atoms with van der Waals surface area (Å²) >= 11 is 13.3. The molecule has 12 heteroatoms. The van der Waals surface area contributed by atoms with Gasteiger partial charge in [0.15, 0.2) is 11.0 Å². The second-order valence-corrected chi connectivity index (χ2v) is 7.94.